The predicted molar refractivity (Wildman–Crippen MR) is 104 cm³/mol. The molecule has 0 bridgehead atoms. The van der Waals surface area contributed by atoms with E-state index in [-0.39, 0.29) is 11.8 Å². The summed E-state index contributed by atoms with van der Waals surface area (Å²) < 4.78 is 5.33. The first-order valence-corrected chi connectivity index (χ1v) is 10.1. The number of rotatable bonds is 9. The lowest BCUT2D eigenvalue weighted by Gasteiger charge is -2.26. The number of carbonyl (C=O) groups is 2. The van der Waals surface area contributed by atoms with Crippen LogP contribution in [0.5, 0.6) is 0 Å². The van der Waals surface area contributed by atoms with Gasteiger partial charge in [-0.15, -0.1) is 11.8 Å². The van der Waals surface area contributed by atoms with Gasteiger partial charge in [0.15, 0.2) is 0 Å². The van der Waals surface area contributed by atoms with Crippen LogP contribution >= 0.6 is 11.8 Å². The molecule has 2 amide bonds. The van der Waals surface area contributed by atoms with Crippen molar-refractivity contribution in [1.82, 2.24) is 15.5 Å². The van der Waals surface area contributed by atoms with Crippen molar-refractivity contribution in [2.75, 3.05) is 45.1 Å². The second-order valence-electron chi connectivity index (χ2n) is 6.48. The number of benzene rings is 1. The van der Waals surface area contributed by atoms with Gasteiger partial charge in [-0.3, -0.25) is 14.5 Å². The largest absolute Gasteiger partial charge is 0.379 e. The zero-order valence-electron chi connectivity index (χ0n) is 15.6. The van der Waals surface area contributed by atoms with Crippen LogP contribution in [-0.4, -0.2) is 67.9 Å². The van der Waals surface area contributed by atoms with Crippen molar-refractivity contribution in [3.63, 3.8) is 0 Å². The third-order valence-corrected chi connectivity index (χ3v) is 5.29. The first-order chi connectivity index (χ1) is 12.5. The smallest absolute Gasteiger partial charge is 0.243 e. The van der Waals surface area contributed by atoms with Gasteiger partial charge in [0.25, 0.3) is 0 Å². The summed E-state index contributed by atoms with van der Waals surface area (Å²) in [5.74, 6) is 0.197. The molecule has 1 unspecified atom stereocenters. The zero-order chi connectivity index (χ0) is 18.8. The molecule has 1 saturated heterocycles. The van der Waals surface area contributed by atoms with E-state index in [4.69, 9.17) is 4.74 Å². The van der Waals surface area contributed by atoms with E-state index in [0.717, 1.165) is 44.2 Å². The molecule has 1 aromatic rings. The highest BCUT2D eigenvalue weighted by molar-refractivity contribution is 7.99. The Morgan fingerprint density at radius 1 is 1.23 bits per heavy atom. The molecule has 2 N–H and O–H groups in total. The third-order valence-electron chi connectivity index (χ3n) is 4.19. The number of hydrogen-bond acceptors (Lipinski definition) is 5. The molecule has 0 aliphatic carbocycles. The number of nitrogens with one attached hydrogen (secondary N) is 2. The van der Waals surface area contributed by atoms with Gasteiger partial charge in [0.1, 0.15) is 6.04 Å². The van der Waals surface area contributed by atoms with Crippen molar-refractivity contribution in [2.24, 2.45) is 0 Å². The van der Waals surface area contributed by atoms with Gasteiger partial charge in [-0.25, -0.2) is 0 Å². The highest BCUT2D eigenvalue weighted by Crippen LogP contribution is 2.19. The average Bonchev–Trinajstić information content (AvgIpc) is 2.64. The van der Waals surface area contributed by atoms with E-state index < -0.39 is 6.04 Å². The molecule has 1 aliphatic heterocycles. The first-order valence-electron chi connectivity index (χ1n) is 9.09. The summed E-state index contributed by atoms with van der Waals surface area (Å²) in [6.07, 6.45) is 0.892. The average molecular weight is 380 g/mol. The second kappa shape index (κ2) is 11.2. The number of hydrogen-bond donors (Lipinski definition) is 2. The van der Waals surface area contributed by atoms with Crippen LogP contribution in [0.15, 0.2) is 29.2 Å². The van der Waals surface area contributed by atoms with E-state index in [2.05, 4.69) is 15.5 Å². The van der Waals surface area contributed by atoms with Crippen LogP contribution in [-0.2, 0) is 14.3 Å². The van der Waals surface area contributed by atoms with E-state index in [0.29, 0.717) is 12.3 Å². The monoisotopic (exact) mass is 379 g/mol. The van der Waals surface area contributed by atoms with Gasteiger partial charge in [0.05, 0.1) is 13.2 Å². The number of carbonyl (C=O) groups excluding carboxylic acids is 2. The number of morpholine rings is 1. The van der Waals surface area contributed by atoms with Gasteiger partial charge in [0.2, 0.25) is 11.8 Å². The molecule has 144 valence electrons. The van der Waals surface area contributed by atoms with Gasteiger partial charge in [-0.2, -0.15) is 0 Å². The molecule has 7 heteroatoms. The topological polar surface area (TPSA) is 70.7 Å². The maximum Gasteiger partial charge on any atom is 0.243 e. The van der Waals surface area contributed by atoms with Gasteiger partial charge in [0, 0.05) is 37.2 Å². The minimum Gasteiger partial charge on any atom is -0.379 e. The van der Waals surface area contributed by atoms with Crippen LogP contribution in [0.25, 0.3) is 0 Å². The number of thioether (sulfide) groups is 1. The molecule has 0 radical (unpaired) electrons. The van der Waals surface area contributed by atoms with Crippen molar-refractivity contribution in [3.8, 4) is 0 Å². The summed E-state index contributed by atoms with van der Waals surface area (Å²) in [6.45, 7) is 8.52. The Labute approximate surface area is 160 Å². The van der Waals surface area contributed by atoms with E-state index >= 15 is 0 Å². The molecular formula is C19H29N3O3S. The van der Waals surface area contributed by atoms with Crippen LogP contribution < -0.4 is 10.6 Å². The van der Waals surface area contributed by atoms with Crippen molar-refractivity contribution in [2.45, 2.75) is 31.2 Å². The lowest BCUT2D eigenvalue weighted by Crippen LogP contribution is -2.48. The summed E-state index contributed by atoms with van der Waals surface area (Å²) in [4.78, 5) is 27.3. The molecule has 1 atom stereocenters. The Bertz CT molecular complexity index is 574. The second-order valence-corrected chi connectivity index (χ2v) is 7.57. The summed E-state index contributed by atoms with van der Waals surface area (Å²) in [7, 11) is 0. The van der Waals surface area contributed by atoms with Crippen molar-refractivity contribution >= 4 is 23.6 Å². The Kier molecular flexibility index (Phi) is 8.94. The molecule has 1 aromatic carbocycles. The van der Waals surface area contributed by atoms with E-state index in [1.54, 1.807) is 11.8 Å². The summed E-state index contributed by atoms with van der Waals surface area (Å²) in [6, 6.07) is 7.63. The molecule has 26 heavy (non-hydrogen) atoms. The molecule has 1 heterocycles. The maximum absolute atomic E-state index is 12.4. The minimum atomic E-state index is -0.526. The minimum absolute atomic E-state index is 0.123. The Morgan fingerprint density at radius 2 is 1.92 bits per heavy atom. The number of nitrogens with zero attached hydrogens (tertiary/aromatic N) is 1. The maximum atomic E-state index is 12.4. The molecule has 0 aromatic heterocycles. The Hall–Kier alpha value is -1.57. The SMILES string of the molecule is CC(=O)NC(CSc1ccc(C)cc1)C(=O)NCCCN1CCOCC1. The lowest BCUT2D eigenvalue weighted by molar-refractivity contribution is -0.127. The Balaban J connectivity index is 1.74. The van der Waals surface area contributed by atoms with Crippen LogP contribution in [0.2, 0.25) is 0 Å². The van der Waals surface area contributed by atoms with Gasteiger partial charge in [-0.1, -0.05) is 17.7 Å². The van der Waals surface area contributed by atoms with Crippen LogP contribution in [0.3, 0.4) is 0 Å². The molecule has 0 spiro atoms. The van der Waals surface area contributed by atoms with Crippen molar-refractivity contribution < 1.29 is 14.3 Å². The zero-order valence-corrected chi connectivity index (χ0v) is 16.4. The van der Waals surface area contributed by atoms with Crippen molar-refractivity contribution in [1.29, 1.82) is 0 Å². The molecular weight excluding hydrogens is 350 g/mol. The predicted octanol–water partition coefficient (Wildman–Crippen LogP) is 1.43. The normalized spacial score (nSPS) is 16.1. The molecule has 0 saturated carbocycles. The first kappa shape index (κ1) is 20.7. The molecule has 2 rings (SSSR count). The van der Waals surface area contributed by atoms with Crippen LogP contribution in [0.1, 0.15) is 18.9 Å². The highest BCUT2D eigenvalue weighted by atomic mass is 32.2. The molecule has 1 aliphatic rings. The molecule has 6 nitrogen and oxygen atoms in total. The summed E-state index contributed by atoms with van der Waals surface area (Å²) in [5.41, 5.74) is 1.20. The summed E-state index contributed by atoms with van der Waals surface area (Å²) in [5, 5.41) is 5.70. The van der Waals surface area contributed by atoms with Gasteiger partial charge >= 0.3 is 0 Å². The fourth-order valence-electron chi connectivity index (χ4n) is 2.70. The summed E-state index contributed by atoms with van der Waals surface area (Å²) >= 11 is 1.57. The van der Waals surface area contributed by atoms with Crippen LogP contribution in [0, 0.1) is 6.92 Å². The van der Waals surface area contributed by atoms with Crippen LogP contribution in [0.4, 0.5) is 0 Å². The number of ether oxygens (including phenoxy) is 1. The number of aryl methyl sites for hydroxylation is 1. The quantitative estimate of drug-likeness (QED) is 0.502. The standard InChI is InChI=1S/C19H29N3O3S/c1-15-4-6-17(7-5-15)26-14-18(21-16(2)23)19(24)20-8-3-9-22-10-12-25-13-11-22/h4-7,18H,3,8-14H2,1-2H3,(H,20,24)(H,21,23). The van der Waals surface area contributed by atoms with Gasteiger partial charge < -0.3 is 15.4 Å². The number of amides is 2. The third kappa shape index (κ3) is 7.76. The molecule has 1 fully saturated rings. The van der Waals surface area contributed by atoms with Gasteiger partial charge in [-0.05, 0) is 32.0 Å². The van der Waals surface area contributed by atoms with Crippen molar-refractivity contribution in [3.05, 3.63) is 29.8 Å². The fourth-order valence-corrected chi connectivity index (χ4v) is 3.63. The highest BCUT2D eigenvalue weighted by Gasteiger charge is 2.19. The fraction of sp³-hybridized carbons (Fsp3) is 0.579. The van der Waals surface area contributed by atoms with E-state index in [1.165, 1.54) is 12.5 Å². The van der Waals surface area contributed by atoms with E-state index in [9.17, 15) is 9.59 Å². The van der Waals surface area contributed by atoms with E-state index in [1.807, 2.05) is 31.2 Å². The Morgan fingerprint density at radius 3 is 2.58 bits per heavy atom. The lowest BCUT2D eigenvalue weighted by atomic mass is 10.2.